The topological polar surface area (TPSA) is 54.6 Å². The molecule has 0 aliphatic heterocycles. The highest BCUT2D eigenvalue weighted by Crippen LogP contribution is 2.26. The molecule has 0 bridgehead atoms. The molecule has 4 nitrogen and oxygen atoms in total. The van der Waals surface area contributed by atoms with Gasteiger partial charge in [-0.2, -0.15) is 0 Å². The van der Waals surface area contributed by atoms with Gasteiger partial charge in [-0.15, -0.1) is 0 Å². The number of carboxylic acids is 1. The van der Waals surface area contributed by atoms with Gasteiger partial charge in [0.1, 0.15) is 5.65 Å². The number of pyridine rings is 1. The third-order valence-corrected chi connectivity index (χ3v) is 3.85. The Morgan fingerprint density at radius 2 is 1.95 bits per heavy atom. The number of benzene rings is 1. The average molecular weight is 345 g/mol. The van der Waals surface area contributed by atoms with E-state index in [4.69, 9.17) is 5.11 Å². The smallest absolute Gasteiger partial charge is 0.303 e. The van der Waals surface area contributed by atoms with E-state index in [1.807, 2.05) is 53.1 Å². The predicted molar refractivity (Wildman–Crippen MR) is 84.3 cm³/mol. The van der Waals surface area contributed by atoms with E-state index in [1.54, 1.807) is 0 Å². The molecule has 2 aromatic heterocycles. The minimum absolute atomic E-state index is 0.0895. The maximum absolute atomic E-state index is 10.9. The number of carboxylic acid groups (broad SMARTS) is 1. The normalized spacial score (nSPS) is 10.9. The molecule has 106 valence electrons. The van der Waals surface area contributed by atoms with Crippen molar-refractivity contribution in [3.8, 4) is 11.3 Å². The molecule has 3 rings (SSSR count). The quantitative estimate of drug-likeness (QED) is 0.783. The van der Waals surface area contributed by atoms with Crippen LogP contribution in [0, 0.1) is 0 Å². The Bertz CT molecular complexity index is 794. The van der Waals surface area contributed by atoms with Crippen LogP contribution in [0.5, 0.6) is 0 Å². The zero-order valence-corrected chi connectivity index (χ0v) is 12.7. The number of hydrogen-bond donors (Lipinski definition) is 1. The molecule has 2 heterocycles. The van der Waals surface area contributed by atoms with Gasteiger partial charge in [0.05, 0.1) is 17.8 Å². The number of imidazole rings is 1. The lowest BCUT2D eigenvalue weighted by Gasteiger charge is -2.04. The van der Waals surface area contributed by atoms with Crippen LogP contribution in [0.1, 0.15) is 12.1 Å². The molecule has 0 spiro atoms. The standard InChI is InChI=1S/C16H13BrN2O2/c17-12-6-4-11(5-7-12)16-13(8-9-15(20)21)19-10-2-1-3-14(19)18-16/h1-7,10H,8-9H2,(H,20,21). The summed E-state index contributed by atoms with van der Waals surface area (Å²) in [7, 11) is 0. The number of nitrogens with zero attached hydrogens (tertiary/aromatic N) is 2. The Morgan fingerprint density at radius 1 is 1.19 bits per heavy atom. The summed E-state index contributed by atoms with van der Waals surface area (Å²) in [6.07, 6.45) is 2.46. The fourth-order valence-electron chi connectivity index (χ4n) is 2.35. The van der Waals surface area contributed by atoms with Gasteiger partial charge in [-0.25, -0.2) is 4.98 Å². The van der Waals surface area contributed by atoms with Crippen molar-refractivity contribution in [2.24, 2.45) is 0 Å². The first-order chi connectivity index (χ1) is 10.1. The van der Waals surface area contributed by atoms with E-state index in [9.17, 15) is 4.79 Å². The molecular weight excluding hydrogens is 332 g/mol. The number of rotatable bonds is 4. The second-order valence-electron chi connectivity index (χ2n) is 4.74. The van der Waals surface area contributed by atoms with Crippen molar-refractivity contribution in [1.82, 2.24) is 9.38 Å². The van der Waals surface area contributed by atoms with E-state index < -0.39 is 5.97 Å². The number of carbonyl (C=O) groups is 1. The van der Waals surface area contributed by atoms with Crippen molar-refractivity contribution in [3.05, 3.63) is 58.8 Å². The Kier molecular flexibility index (Phi) is 3.75. The van der Waals surface area contributed by atoms with Gasteiger partial charge in [0, 0.05) is 22.7 Å². The fraction of sp³-hybridized carbons (Fsp3) is 0.125. The zero-order valence-electron chi connectivity index (χ0n) is 11.2. The summed E-state index contributed by atoms with van der Waals surface area (Å²) in [6, 6.07) is 13.7. The maximum Gasteiger partial charge on any atom is 0.303 e. The first-order valence-electron chi connectivity index (χ1n) is 6.59. The lowest BCUT2D eigenvalue weighted by molar-refractivity contribution is -0.136. The van der Waals surface area contributed by atoms with Crippen LogP contribution < -0.4 is 0 Å². The summed E-state index contributed by atoms with van der Waals surface area (Å²) >= 11 is 3.42. The highest BCUT2D eigenvalue weighted by Gasteiger charge is 2.14. The summed E-state index contributed by atoms with van der Waals surface area (Å²) in [4.78, 5) is 15.5. The van der Waals surface area contributed by atoms with Gasteiger partial charge in [0.2, 0.25) is 0 Å². The van der Waals surface area contributed by atoms with E-state index >= 15 is 0 Å². The average Bonchev–Trinajstić information content (AvgIpc) is 2.84. The second-order valence-corrected chi connectivity index (χ2v) is 5.65. The molecule has 0 unspecified atom stereocenters. The molecule has 0 aliphatic rings. The number of fused-ring (bicyclic) bond motifs is 1. The van der Waals surface area contributed by atoms with Gasteiger partial charge < -0.3 is 9.51 Å². The summed E-state index contributed by atoms with van der Waals surface area (Å²) in [5.41, 5.74) is 3.59. The fourth-order valence-corrected chi connectivity index (χ4v) is 2.61. The first-order valence-corrected chi connectivity index (χ1v) is 7.38. The molecule has 0 amide bonds. The van der Waals surface area contributed by atoms with Crippen LogP contribution in [0.15, 0.2) is 53.1 Å². The number of aryl methyl sites for hydroxylation is 1. The third-order valence-electron chi connectivity index (χ3n) is 3.32. The van der Waals surface area contributed by atoms with Gasteiger partial charge in [-0.1, -0.05) is 34.1 Å². The highest BCUT2D eigenvalue weighted by molar-refractivity contribution is 9.10. The molecule has 5 heteroatoms. The number of aromatic nitrogens is 2. The molecule has 0 radical (unpaired) electrons. The summed E-state index contributed by atoms with van der Waals surface area (Å²) < 4.78 is 2.96. The van der Waals surface area contributed by atoms with Gasteiger partial charge in [-0.05, 0) is 24.3 Å². The van der Waals surface area contributed by atoms with Gasteiger partial charge in [0.25, 0.3) is 0 Å². The lowest BCUT2D eigenvalue weighted by Crippen LogP contribution is -2.01. The first kappa shape index (κ1) is 13.8. The van der Waals surface area contributed by atoms with Crippen molar-refractivity contribution < 1.29 is 9.90 Å². The van der Waals surface area contributed by atoms with Crippen LogP contribution in [0.3, 0.4) is 0 Å². The molecular formula is C16H13BrN2O2. The molecule has 0 fully saturated rings. The summed E-state index contributed by atoms with van der Waals surface area (Å²) in [5.74, 6) is -0.803. The molecule has 0 saturated carbocycles. The third kappa shape index (κ3) is 2.83. The largest absolute Gasteiger partial charge is 0.481 e. The van der Waals surface area contributed by atoms with Crippen molar-refractivity contribution in [2.45, 2.75) is 12.8 Å². The molecule has 3 aromatic rings. The minimum Gasteiger partial charge on any atom is -0.481 e. The molecule has 1 aromatic carbocycles. The van der Waals surface area contributed by atoms with Gasteiger partial charge >= 0.3 is 5.97 Å². The van der Waals surface area contributed by atoms with Gasteiger partial charge in [0.15, 0.2) is 0 Å². The van der Waals surface area contributed by atoms with Crippen molar-refractivity contribution in [2.75, 3.05) is 0 Å². The molecule has 1 N–H and O–H groups in total. The van der Waals surface area contributed by atoms with E-state index in [0.29, 0.717) is 6.42 Å². The van der Waals surface area contributed by atoms with Crippen molar-refractivity contribution >= 4 is 27.5 Å². The monoisotopic (exact) mass is 344 g/mol. The van der Waals surface area contributed by atoms with Gasteiger partial charge in [-0.3, -0.25) is 4.79 Å². The molecule has 0 atom stereocenters. The van der Waals surface area contributed by atoms with Crippen LogP contribution in [-0.4, -0.2) is 20.5 Å². The second kappa shape index (κ2) is 5.69. The van der Waals surface area contributed by atoms with Crippen molar-refractivity contribution in [3.63, 3.8) is 0 Å². The van der Waals surface area contributed by atoms with Crippen LogP contribution in [0.25, 0.3) is 16.9 Å². The SMILES string of the molecule is O=C(O)CCc1c(-c2ccc(Br)cc2)nc2ccccn12. The van der Waals surface area contributed by atoms with E-state index in [-0.39, 0.29) is 6.42 Å². The van der Waals surface area contributed by atoms with E-state index in [2.05, 4.69) is 20.9 Å². The van der Waals surface area contributed by atoms with Crippen LogP contribution in [0.4, 0.5) is 0 Å². The highest BCUT2D eigenvalue weighted by atomic mass is 79.9. The minimum atomic E-state index is -0.803. The van der Waals surface area contributed by atoms with Crippen LogP contribution >= 0.6 is 15.9 Å². The van der Waals surface area contributed by atoms with Crippen LogP contribution in [0.2, 0.25) is 0 Å². The maximum atomic E-state index is 10.9. The molecule has 0 aliphatic carbocycles. The molecule has 0 saturated heterocycles. The van der Waals surface area contributed by atoms with Crippen molar-refractivity contribution in [1.29, 1.82) is 0 Å². The Balaban J connectivity index is 2.13. The summed E-state index contributed by atoms with van der Waals surface area (Å²) in [6.45, 7) is 0. The Labute approximate surface area is 130 Å². The lowest BCUT2D eigenvalue weighted by atomic mass is 10.1. The van der Waals surface area contributed by atoms with Crippen LogP contribution in [-0.2, 0) is 11.2 Å². The van der Waals surface area contributed by atoms with E-state index in [1.165, 1.54) is 0 Å². The molecule has 21 heavy (non-hydrogen) atoms. The summed E-state index contributed by atoms with van der Waals surface area (Å²) in [5, 5.41) is 8.95. The number of aliphatic carboxylic acids is 1. The Hall–Kier alpha value is -2.14. The van der Waals surface area contributed by atoms with E-state index in [0.717, 1.165) is 27.1 Å². The Morgan fingerprint density at radius 3 is 2.67 bits per heavy atom. The zero-order chi connectivity index (χ0) is 14.8. The predicted octanol–water partition coefficient (Wildman–Crippen LogP) is 3.78. The number of halogens is 1. The number of hydrogen-bond acceptors (Lipinski definition) is 2.